The highest BCUT2D eigenvalue weighted by Crippen LogP contribution is 2.38. The minimum absolute atomic E-state index is 0.306. The summed E-state index contributed by atoms with van der Waals surface area (Å²) in [5.74, 6) is 0. The van der Waals surface area contributed by atoms with E-state index in [1.54, 1.807) is 11.3 Å². The molecule has 1 aliphatic heterocycles. The first-order valence-electron chi connectivity index (χ1n) is 8.27. The molecule has 0 radical (unpaired) electrons. The number of aryl methyl sites for hydroxylation is 1. The van der Waals surface area contributed by atoms with Crippen molar-refractivity contribution >= 4 is 17.0 Å². The van der Waals surface area contributed by atoms with Gasteiger partial charge >= 0.3 is 0 Å². The molecule has 2 unspecified atom stereocenters. The highest BCUT2D eigenvalue weighted by Gasteiger charge is 2.24. The lowest BCUT2D eigenvalue weighted by Gasteiger charge is -2.23. The predicted octanol–water partition coefficient (Wildman–Crippen LogP) is 4.17. The molecule has 1 aliphatic carbocycles. The molecule has 22 heavy (non-hydrogen) atoms. The number of rotatable bonds is 2. The SMILES string of the molecule is CC1CCCN1c1ccc(-c2nc3c(s2)C(O)CCC3)cc1. The Morgan fingerprint density at radius 2 is 2.00 bits per heavy atom. The predicted molar refractivity (Wildman–Crippen MR) is 91.5 cm³/mol. The summed E-state index contributed by atoms with van der Waals surface area (Å²) in [7, 11) is 0. The lowest BCUT2D eigenvalue weighted by molar-refractivity contribution is 0.160. The Hall–Kier alpha value is -1.39. The van der Waals surface area contributed by atoms with Crippen molar-refractivity contribution in [3.63, 3.8) is 0 Å². The molecule has 4 rings (SSSR count). The Kier molecular flexibility index (Phi) is 3.66. The van der Waals surface area contributed by atoms with Gasteiger partial charge in [-0.15, -0.1) is 11.3 Å². The number of nitrogens with zero attached hydrogens (tertiary/aromatic N) is 2. The van der Waals surface area contributed by atoms with Gasteiger partial charge in [0.1, 0.15) is 5.01 Å². The Balaban J connectivity index is 1.61. The molecule has 2 atom stereocenters. The topological polar surface area (TPSA) is 36.4 Å². The Morgan fingerprint density at radius 3 is 2.68 bits per heavy atom. The van der Waals surface area contributed by atoms with Crippen LogP contribution in [-0.2, 0) is 6.42 Å². The first-order valence-corrected chi connectivity index (χ1v) is 9.09. The van der Waals surface area contributed by atoms with E-state index >= 15 is 0 Å². The Bertz CT molecular complexity index is 664. The van der Waals surface area contributed by atoms with Crippen molar-refractivity contribution in [1.82, 2.24) is 4.98 Å². The van der Waals surface area contributed by atoms with E-state index in [-0.39, 0.29) is 6.10 Å². The second kappa shape index (κ2) is 5.67. The molecular weight excluding hydrogens is 292 g/mol. The molecule has 2 heterocycles. The monoisotopic (exact) mass is 314 g/mol. The molecule has 1 aromatic heterocycles. The molecule has 3 nitrogen and oxygen atoms in total. The molecule has 1 N–H and O–H groups in total. The molecule has 2 aliphatic rings. The van der Waals surface area contributed by atoms with Gasteiger partial charge in [-0.2, -0.15) is 0 Å². The van der Waals surface area contributed by atoms with Crippen molar-refractivity contribution in [3.8, 4) is 10.6 Å². The standard InChI is InChI=1S/C18H22N2OS/c1-12-4-3-11-20(12)14-9-7-13(8-10-14)18-19-15-5-2-6-16(21)17(15)22-18/h7-10,12,16,21H,2-6,11H2,1H3. The van der Waals surface area contributed by atoms with E-state index in [0.29, 0.717) is 6.04 Å². The largest absolute Gasteiger partial charge is 0.388 e. The van der Waals surface area contributed by atoms with Gasteiger partial charge in [0.15, 0.2) is 0 Å². The van der Waals surface area contributed by atoms with Crippen LogP contribution in [0.2, 0.25) is 0 Å². The van der Waals surface area contributed by atoms with Crippen LogP contribution in [0.15, 0.2) is 24.3 Å². The summed E-state index contributed by atoms with van der Waals surface area (Å²) in [6, 6.07) is 9.43. The van der Waals surface area contributed by atoms with E-state index in [0.717, 1.165) is 41.4 Å². The first-order chi connectivity index (χ1) is 10.7. The molecule has 2 aromatic rings. The van der Waals surface area contributed by atoms with Crippen LogP contribution in [0.25, 0.3) is 10.6 Å². The number of benzene rings is 1. The molecule has 0 spiro atoms. The number of fused-ring (bicyclic) bond motifs is 1. The fourth-order valence-electron chi connectivity index (χ4n) is 3.63. The van der Waals surface area contributed by atoms with Gasteiger partial charge in [0.2, 0.25) is 0 Å². The number of aromatic nitrogens is 1. The van der Waals surface area contributed by atoms with E-state index in [2.05, 4.69) is 36.1 Å². The zero-order valence-corrected chi connectivity index (χ0v) is 13.8. The maximum atomic E-state index is 10.1. The average molecular weight is 314 g/mol. The van der Waals surface area contributed by atoms with Crippen molar-refractivity contribution in [2.24, 2.45) is 0 Å². The third kappa shape index (κ3) is 2.44. The maximum Gasteiger partial charge on any atom is 0.123 e. The minimum Gasteiger partial charge on any atom is -0.388 e. The lowest BCUT2D eigenvalue weighted by Crippen LogP contribution is -2.25. The number of hydrogen-bond acceptors (Lipinski definition) is 4. The molecule has 116 valence electrons. The summed E-state index contributed by atoms with van der Waals surface area (Å²) < 4.78 is 0. The second-order valence-corrected chi connectivity index (χ2v) is 7.50. The number of anilines is 1. The zero-order chi connectivity index (χ0) is 15.1. The number of aliphatic hydroxyl groups is 1. The van der Waals surface area contributed by atoms with Crippen LogP contribution in [0.1, 0.15) is 49.3 Å². The first kappa shape index (κ1) is 14.2. The molecule has 4 heteroatoms. The third-order valence-electron chi connectivity index (χ3n) is 4.92. The van der Waals surface area contributed by atoms with Crippen LogP contribution in [0.3, 0.4) is 0 Å². The quantitative estimate of drug-likeness (QED) is 0.904. The summed E-state index contributed by atoms with van der Waals surface area (Å²) >= 11 is 1.66. The number of aliphatic hydroxyl groups excluding tert-OH is 1. The number of hydrogen-bond donors (Lipinski definition) is 1. The van der Waals surface area contributed by atoms with Gasteiger partial charge in [0, 0.05) is 23.8 Å². The summed E-state index contributed by atoms with van der Waals surface area (Å²) in [6.45, 7) is 3.47. The van der Waals surface area contributed by atoms with Crippen LogP contribution < -0.4 is 4.90 Å². The molecular formula is C18H22N2OS. The summed E-state index contributed by atoms with van der Waals surface area (Å²) in [5.41, 5.74) is 3.59. The zero-order valence-electron chi connectivity index (χ0n) is 13.0. The lowest BCUT2D eigenvalue weighted by atomic mass is 10.0. The van der Waals surface area contributed by atoms with E-state index in [1.807, 2.05) is 0 Å². The van der Waals surface area contributed by atoms with Crippen LogP contribution in [-0.4, -0.2) is 22.7 Å². The Morgan fingerprint density at radius 1 is 1.18 bits per heavy atom. The van der Waals surface area contributed by atoms with Crippen LogP contribution >= 0.6 is 11.3 Å². The number of thiazole rings is 1. The smallest absolute Gasteiger partial charge is 0.123 e. The molecule has 0 amide bonds. The van der Waals surface area contributed by atoms with Crippen molar-refractivity contribution in [1.29, 1.82) is 0 Å². The van der Waals surface area contributed by atoms with E-state index in [1.165, 1.54) is 24.1 Å². The average Bonchev–Trinajstić information content (AvgIpc) is 3.14. The molecule has 1 saturated heterocycles. The van der Waals surface area contributed by atoms with Gasteiger partial charge in [-0.1, -0.05) is 0 Å². The summed E-state index contributed by atoms with van der Waals surface area (Å²) in [6.07, 6.45) is 5.20. The summed E-state index contributed by atoms with van der Waals surface area (Å²) in [4.78, 5) is 8.33. The van der Waals surface area contributed by atoms with Gasteiger partial charge in [0.05, 0.1) is 16.7 Å². The van der Waals surface area contributed by atoms with Crippen LogP contribution in [0.5, 0.6) is 0 Å². The van der Waals surface area contributed by atoms with Gasteiger partial charge < -0.3 is 10.0 Å². The van der Waals surface area contributed by atoms with Gasteiger partial charge in [-0.05, 0) is 63.3 Å². The van der Waals surface area contributed by atoms with Crippen LogP contribution in [0.4, 0.5) is 5.69 Å². The maximum absolute atomic E-state index is 10.1. The second-order valence-electron chi connectivity index (χ2n) is 6.47. The Labute approximate surface area is 135 Å². The van der Waals surface area contributed by atoms with Crippen molar-refractivity contribution in [3.05, 3.63) is 34.8 Å². The highest BCUT2D eigenvalue weighted by molar-refractivity contribution is 7.15. The van der Waals surface area contributed by atoms with E-state index in [4.69, 9.17) is 4.98 Å². The molecule has 1 fully saturated rings. The van der Waals surface area contributed by atoms with Crippen molar-refractivity contribution in [2.45, 2.75) is 51.2 Å². The fraction of sp³-hybridized carbons (Fsp3) is 0.500. The normalized spacial score (nSPS) is 24.5. The van der Waals surface area contributed by atoms with Crippen molar-refractivity contribution in [2.75, 3.05) is 11.4 Å². The van der Waals surface area contributed by atoms with E-state index < -0.39 is 0 Å². The highest BCUT2D eigenvalue weighted by atomic mass is 32.1. The summed E-state index contributed by atoms with van der Waals surface area (Å²) in [5, 5.41) is 11.2. The van der Waals surface area contributed by atoms with Crippen molar-refractivity contribution < 1.29 is 5.11 Å². The third-order valence-corrected chi connectivity index (χ3v) is 6.17. The van der Waals surface area contributed by atoms with E-state index in [9.17, 15) is 5.11 Å². The van der Waals surface area contributed by atoms with Gasteiger partial charge in [-0.3, -0.25) is 0 Å². The van der Waals surface area contributed by atoms with Gasteiger partial charge in [0.25, 0.3) is 0 Å². The van der Waals surface area contributed by atoms with Crippen LogP contribution in [0, 0.1) is 0 Å². The molecule has 1 aromatic carbocycles. The molecule has 0 saturated carbocycles. The fourth-order valence-corrected chi connectivity index (χ4v) is 4.77. The van der Waals surface area contributed by atoms with Gasteiger partial charge in [-0.25, -0.2) is 4.98 Å². The molecule has 0 bridgehead atoms. The minimum atomic E-state index is -0.306.